The Balaban J connectivity index is 1.27. The van der Waals surface area contributed by atoms with Crippen molar-refractivity contribution >= 4 is 6.03 Å². The minimum Gasteiger partial charge on any atom is -0.377 e. The van der Waals surface area contributed by atoms with Crippen LogP contribution in [0.5, 0.6) is 0 Å². The SMILES string of the molecule is O=C(NOCc1ccccc1)N[C@@H]1[C@H]2CCO[C@@H]2C12CCC2. The van der Waals surface area contributed by atoms with Gasteiger partial charge in [-0.15, -0.1) is 0 Å². The van der Waals surface area contributed by atoms with Crippen LogP contribution < -0.4 is 10.8 Å². The van der Waals surface area contributed by atoms with Crippen LogP contribution >= 0.6 is 0 Å². The summed E-state index contributed by atoms with van der Waals surface area (Å²) in [6, 6.07) is 9.80. The first-order chi connectivity index (χ1) is 10.8. The van der Waals surface area contributed by atoms with Crippen LogP contribution in [-0.4, -0.2) is 24.8 Å². The van der Waals surface area contributed by atoms with Crippen molar-refractivity contribution in [3.05, 3.63) is 35.9 Å². The van der Waals surface area contributed by atoms with Crippen molar-refractivity contribution in [2.45, 2.75) is 44.4 Å². The molecule has 1 aromatic rings. The maximum atomic E-state index is 12.1. The van der Waals surface area contributed by atoms with Crippen molar-refractivity contribution in [2.24, 2.45) is 11.3 Å². The quantitative estimate of drug-likeness (QED) is 0.840. The lowest BCUT2D eigenvalue weighted by Crippen LogP contribution is -2.72. The number of ether oxygens (including phenoxy) is 1. The van der Waals surface area contributed by atoms with Crippen LogP contribution in [0.15, 0.2) is 30.3 Å². The molecular weight excluding hydrogens is 280 g/mol. The molecule has 3 atom stereocenters. The molecule has 1 saturated heterocycles. The molecule has 2 amide bonds. The van der Waals surface area contributed by atoms with Gasteiger partial charge < -0.3 is 10.1 Å². The fraction of sp³-hybridized carbons (Fsp3) is 0.588. The van der Waals surface area contributed by atoms with Gasteiger partial charge in [-0.1, -0.05) is 36.8 Å². The van der Waals surface area contributed by atoms with Gasteiger partial charge in [0.15, 0.2) is 0 Å². The van der Waals surface area contributed by atoms with Crippen molar-refractivity contribution in [1.82, 2.24) is 10.8 Å². The molecule has 2 N–H and O–H groups in total. The molecule has 0 radical (unpaired) electrons. The highest BCUT2D eigenvalue weighted by molar-refractivity contribution is 5.73. The molecule has 118 valence electrons. The van der Waals surface area contributed by atoms with E-state index < -0.39 is 0 Å². The Bertz CT molecular complexity index is 544. The Morgan fingerprint density at radius 2 is 2.14 bits per heavy atom. The fourth-order valence-electron chi connectivity index (χ4n) is 4.39. The van der Waals surface area contributed by atoms with E-state index in [-0.39, 0.29) is 17.5 Å². The second kappa shape index (κ2) is 5.56. The lowest BCUT2D eigenvalue weighted by atomic mass is 9.46. The number of carbonyl (C=O) groups excluding carboxylic acids is 1. The highest BCUT2D eigenvalue weighted by Crippen LogP contribution is 2.62. The number of nitrogens with one attached hydrogen (secondary N) is 2. The summed E-state index contributed by atoms with van der Waals surface area (Å²) in [5, 5.41) is 3.11. The van der Waals surface area contributed by atoms with Gasteiger partial charge in [0.25, 0.3) is 0 Å². The molecule has 2 saturated carbocycles. The van der Waals surface area contributed by atoms with Crippen LogP contribution in [-0.2, 0) is 16.2 Å². The van der Waals surface area contributed by atoms with E-state index >= 15 is 0 Å². The number of amides is 2. The molecule has 3 fully saturated rings. The number of urea groups is 1. The van der Waals surface area contributed by atoms with Gasteiger partial charge >= 0.3 is 6.03 Å². The average Bonchev–Trinajstić information content (AvgIpc) is 2.90. The molecule has 1 heterocycles. The van der Waals surface area contributed by atoms with Crippen molar-refractivity contribution in [2.75, 3.05) is 6.61 Å². The molecule has 1 aliphatic heterocycles. The van der Waals surface area contributed by atoms with E-state index in [1.54, 1.807) is 0 Å². The van der Waals surface area contributed by atoms with Gasteiger partial charge in [0, 0.05) is 24.0 Å². The highest BCUT2D eigenvalue weighted by atomic mass is 16.7. The number of carbonyl (C=O) groups is 1. The van der Waals surface area contributed by atoms with Crippen molar-refractivity contribution in [1.29, 1.82) is 0 Å². The second-order valence-corrected chi connectivity index (χ2v) is 6.66. The molecule has 0 unspecified atom stereocenters. The van der Waals surface area contributed by atoms with Crippen LogP contribution in [0.25, 0.3) is 0 Å². The van der Waals surface area contributed by atoms with Gasteiger partial charge in [0.2, 0.25) is 0 Å². The number of rotatable bonds is 4. The Morgan fingerprint density at radius 3 is 2.86 bits per heavy atom. The fourth-order valence-corrected chi connectivity index (χ4v) is 4.39. The summed E-state index contributed by atoms with van der Waals surface area (Å²) in [6.45, 7) is 1.21. The molecular formula is C17H22N2O3. The van der Waals surface area contributed by atoms with Crippen LogP contribution in [0, 0.1) is 11.3 Å². The zero-order chi connectivity index (χ0) is 15.0. The van der Waals surface area contributed by atoms with E-state index in [9.17, 15) is 4.79 Å². The zero-order valence-electron chi connectivity index (χ0n) is 12.6. The smallest absolute Gasteiger partial charge is 0.338 e. The molecule has 0 aromatic heterocycles. The van der Waals surface area contributed by atoms with E-state index in [4.69, 9.17) is 9.57 Å². The van der Waals surface area contributed by atoms with E-state index in [1.807, 2.05) is 30.3 Å². The molecule has 1 aromatic carbocycles. The summed E-state index contributed by atoms with van der Waals surface area (Å²) in [5.74, 6) is 0.486. The molecule has 4 rings (SSSR count). The maximum Gasteiger partial charge on any atom is 0.338 e. The maximum absolute atomic E-state index is 12.1. The third kappa shape index (κ3) is 2.20. The van der Waals surface area contributed by atoms with Crippen molar-refractivity contribution in [3.8, 4) is 0 Å². The zero-order valence-corrected chi connectivity index (χ0v) is 12.6. The molecule has 2 aliphatic carbocycles. The van der Waals surface area contributed by atoms with Gasteiger partial charge in [-0.25, -0.2) is 10.3 Å². The Hall–Kier alpha value is -1.59. The number of benzene rings is 1. The molecule has 22 heavy (non-hydrogen) atoms. The Labute approximate surface area is 130 Å². The van der Waals surface area contributed by atoms with Crippen LogP contribution in [0.3, 0.4) is 0 Å². The van der Waals surface area contributed by atoms with Crippen molar-refractivity contribution in [3.63, 3.8) is 0 Å². The molecule has 0 bridgehead atoms. The van der Waals surface area contributed by atoms with E-state index in [2.05, 4.69) is 10.8 Å². The summed E-state index contributed by atoms with van der Waals surface area (Å²) in [6.07, 6.45) is 5.02. The second-order valence-electron chi connectivity index (χ2n) is 6.66. The summed E-state index contributed by atoms with van der Waals surface area (Å²) in [7, 11) is 0. The minimum atomic E-state index is -0.238. The van der Waals surface area contributed by atoms with Crippen LogP contribution in [0.2, 0.25) is 0 Å². The van der Waals surface area contributed by atoms with Crippen LogP contribution in [0.4, 0.5) is 4.79 Å². The first-order valence-corrected chi connectivity index (χ1v) is 8.13. The lowest BCUT2D eigenvalue weighted by Gasteiger charge is -2.63. The first kappa shape index (κ1) is 14.0. The summed E-state index contributed by atoms with van der Waals surface area (Å²) in [4.78, 5) is 17.4. The third-order valence-corrected chi connectivity index (χ3v) is 5.57. The largest absolute Gasteiger partial charge is 0.377 e. The van der Waals surface area contributed by atoms with Crippen molar-refractivity contribution < 1.29 is 14.4 Å². The Kier molecular flexibility index (Phi) is 3.54. The molecule has 5 heteroatoms. The van der Waals surface area contributed by atoms with E-state index in [1.165, 1.54) is 19.3 Å². The minimum absolute atomic E-state index is 0.206. The lowest BCUT2D eigenvalue weighted by molar-refractivity contribution is -0.172. The highest BCUT2D eigenvalue weighted by Gasteiger charge is 2.66. The predicted octanol–water partition coefficient (Wildman–Crippen LogP) is 2.38. The third-order valence-electron chi connectivity index (χ3n) is 5.57. The monoisotopic (exact) mass is 302 g/mol. The van der Waals surface area contributed by atoms with Gasteiger partial charge in [0.05, 0.1) is 12.7 Å². The number of hydrogen-bond acceptors (Lipinski definition) is 3. The summed E-state index contributed by atoms with van der Waals surface area (Å²) in [5.41, 5.74) is 3.75. The molecule has 1 spiro atoms. The number of hydrogen-bond donors (Lipinski definition) is 2. The van der Waals surface area contributed by atoms with Gasteiger partial charge in [-0.2, -0.15) is 0 Å². The standard InChI is InChI=1S/C17H22N2O3/c20-16(19-22-11-12-5-2-1-3-6-12)18-14-13-7-10-21-15(13)17(14)8-4-9-17/h1-3,5-6,13-15H,4,7-11H2,(H2,18,19,20)/t13-,14-,15+/m1/s1. The predicted molar refractivity (Wildman–Crippen MR) is 80.8 cm³/mol. The topological polar surface area (TPSA) is 59.6 Å². The summed E-state index contributed by atoms with van der Waals surface area (Å²) >= 11 is 0. The molecule has 3 aliphatic rings. The first-order valence-electron chi connectivity index (χ1n) is 8.13. The van der Waals surface area contributed by atoms with E-state index in [0.717, 1.165) is 18.6 Å². The van der Waals surface area contributed by atoms with E-state index in [0.29, 0.717) is 18.6 Å². The summed E-state index contributed by atoms with van der Waals surface area (Å²) < 4.78 is 5.86. The number of hydroxylamine groups is 1. The van der Waals surface area contributed by atoms with Gasteiger partial charge in [-0.05, 0) is 24.8 Å². The van der Waals surface area contributed by atoms with Crippen LogP contribution in [0.1, 0.15) is 31.2 Å². The van der Waals surface area contributed by atoms with Gasteiger partial charge in [-0.3, -0.25) is 4.84 Å². The average molecular weight is 302 g/mol. The Morgan fingerprint density at radius 1 is 1.32 bits per heavy atom. The van der Waals surface area contributed by atoms with Gasteiger partial charge in [0.1, 0.15) is 0 Å². The number of fused-ring (bicyclic) bond motifs is 2. The normalized spacial score (nSPS) is 31.0. The molecule has 5 nitrogen and oxygen atoms in total.